The summed E-state index contributed by atoms with van der Waals surface area (Å²) in [6.45, 7) is 3.77. The number of hydrogen-bond donors (Lipinski definition) is 2. The molecule has 0 aliphatic heterocycles. The Bertz CT molecular complexity index is 563. The number of rotatable bonds is 6. The van der Waals surface area contributed by atoms with Crippen molar-refractivity contribution in [2.75, 3.05) is 13.2 Å². The van der Waals surface area contributed by atoms with Crippen molar-refractivity contribution in [1.82, 2.24) is 4.57 Å². The minimum atomic E-state index is 0.206. The fourth-order valence-corrected chi connectivity index (χ4v) is 2.69. The van der Waals surface area contributed by atoms with Crippen LogP contribution in [0.5, 0.6) is 0 Å². The molecule has 104 valence electrons. The third kappa shape index (κ3) is 2.94. The highest BCUT2D eigenvalue weighted by molar-refractivity contribution is 6.32. The van der Waals surface area contributed by atoms with Crippen molar-refractivity contribution in [3.8, 4) is 0 Å². The van der Waals surface area contributed by atoms with Gasteiger partial charge in [0.25, 0.3) is 0 Å². The second-order valence-corrected chi connectivity index (χ2v) is 5.29. The van der Waals surface area contributed by atoms with E-state index in [1.54, 1.807) is 0 Å². The Morgan fingerprint density at radius 3 is 2.79 bits per heavy atom. The highest BCUT2D eigenvalue weighted by Gasteiger charge is 2.12. The highest BCUT2D eigenvalue weighted by Crippen LogP contribution is 2.30. The third-order valence-electron chi connectivity index (χ3n) is 3.52. The number of aliphatic hydroxyl groups is 1. The molecule has 3 N–H and O–H groups in total. The molecular formula is C15H21ClN2O. The van der Waals surface area contributed by atoms with Gasteiger partial charge in [-0.05, 0) is 49.9 Å². The van der Waals surface area contributed by atoms with Crippen LogP contribution in [0.1, 0.15) is 24.0 Å². The van der Waals surface area contributed by atoms with E-state index in [2.05, 4.69) is 16.8 Å². The Morgan fingerprint density at radius 2 is 2.11 bits per heavy atom. The Hall–Kier alpha value is -1.03. The zero-order valence-corrected chi connectivity index (χ0v) is 12.1. The van der Waals surface area contributed by atoms with Gasteiger partial charge in [0.1, 0.15) is 0 Å². The number of aromatic nitrogens is 1. The first-order valence-corrected chi connectivity index (χ1v) is 7.14. The number of nitrogens with zero attached hydrogens (tertiary/aromatic N) is 1. The zero-order valence-electron chi connectivity index (χ0n) is 11.3. The predicted octanol–water partition coefficient (Wildman–Crippen LogP) is 2.88. The number of aliphatic hydroxyl groups excluding tert-OH is 1. The lowest BCUT2D eigenvalue weighted by Gasteiger charge is -2.07. The molecule has 2 aromatic rings. The number of halogens is 1. The Labute approximate surface area is 119 Å². The van der Waals surface area contributed by atoms with Crippen LogP contribution in [-0.4, -0.2) is 22.8 Å². The number of aryl methyl sites for hydroxylation is 3. The molecule has 1 heterocycles. The quantitative estimate of drug-likeness (QED) is 0.855. The molecule has 0 spiro atoms. The van der Waals surface area contributed by atoms with Crippen molar-refractivity contribution >= 4 is 22.5 Å². The lowest BCUT2D eigenvalue weighted by Crippen LogP contribution is -2.00. The molecule has 1 aromatic carbocycles. The van der Waals surface area contributed by atoms with Crippen molar-refractivity contribution in [2.45, 2.75) is 32.7 Å². The summed E-state index contributed by atoms with van der Waals surface area (Å²) in [5.41, 5.74) is 9.21. The molecule has 0 saturated heterocycles. The average molecular weight is 281 g/mol. The SMILES string of the molecule is Cc1c(Cl)ccc2c(CCCN)cn(CCCO)c12. The van der Waals surface area contributed by atoms with Crippen LogP contribution < -0.4 is 5.73 Å². The first kappa shape index (κ1) is 14.4. The maximum Gasteiger partial charge on any atom is 0.0527 e. The van der Waals surface area contributed by atoms with Crippen molar-refractivity contribution < 1.29 is 5.11 Å². The van der Waals surface area contributed by atoms with Crippen molar-refractivity contribution in [2.24, 2.45) is 5.73 Å². The zero-order chi connectivity index (χ0) is 13.8. The molecule has 19 heavy (non-hydrogen) atoms. The first-order chi connectivity index (χ1) is 9.19. The lowest BCUT2D eigenvalue weighted by atomic mass is 10.1. The van der Waals surface area contributed by atoms with E-state index in [4.69, 9.17) is 22.4 Å². The summed E-state index contributed by atoms with van der Waals surface area (Å²) >= 11 is 6.22. The van der Waals surface area contributed by atoms with Crippen molar-refractivity contribution in [1.29, 1.82) is 0 Å². The van der Waals surface area contributed by atoms with Gasteiger partial charge < -0.3 is 15.4 Å². The molecule has 0 radical (unpaired) electrons. The van der Waals surface area contributed by atoms with E-state index in [0.717, 1.165) is 36.4 Å². The van der Waals surface area contributed by atoms with E-state index in [0.29, 0.717) is 6.54 Å². The molecule has 3 nitrogen and oxygen atoms in total. The van der Waals surface area contributed by atoms with Gasteiger partial charge in [0.15, 0.2) is 0 Å². The topological polar surface area (TPSA) is 51.2 Å². The maximum atomic E-state index is 9.02. The molecule has 0 aliphatic carbocycles. The summed E-state index contributed by atoms with van der Waals surface area (Å²) in [5, 5.41) is 11.1. The second-order valence-electron chi connectivity index (χ2n) is 4.89. The summed E-state index contributed by atoms with van der Waals surface area (Å²) in [4.78, 5) is 0. The van der Waals surface area contributed by atoms with Crippen molar-refractivity contribution in [3.63, 3.8) is 0 Å². The van der Waals surface area contributed by atoms with Gasteiger partial charge in [-0.15, -0.1) is 0 Å². The molecule has 0 aliphatic rings. The van der Waals surface area contributed by atoms with Crippen molar-refractivity contribution in [3.05, 3.63) is 34.5 Å². The number of fused-ring (bicyclic) bond motifs is 1. The fourth-order valence-electron chi connectivity index (χ4n) is 2.54. The number of benzene rings is 1. The minimum absolute atomic E-state index is 0.206. The van der Waals surface area contributed by atoms with Gasteiger partial charge in [0, 0.05) is 29.8 Å². The molecule has 1 aromatic heterocycles. The van der Waals surface area contributed by atoms with Crippen LogP contribution in [0.25, 0.3) is 10.9 Å². The Morgan fingerprint density at radius 1 is 1.32 bits per heavy atom. The maximum absolute atomic E-state index is 9.02. The minimum Gasteiger partial charge on any atom is -0.396 e. The van der Waals surface area contributed by atoms with E-state index in [1.807, 2.05) is 13.0 Å². The lowest BCUT2D eigenvalue weighted by molar-refractivity contribution is 0.280. The van der Waals surface area contributed by atoms with Gasteiger partial charge in [-0.1, -0.05) is 17.7 Å². The average Bonchev–Trinajstić information content (AvgIpc) is 2.77. The van der Waals surface area contributed by atoms with Gasteiger partial charge in [0.2, 0.25) is 0 Å². The summed E-state index contributed by atoms with van der Waals surface area (Å²) in [5.74, 6) is 0. The molecule has 4 heteroatoms. The van der Waals surface area contributed by atoms with E-state index in [-0.39, 0.29) is 6.61 Å². The van der Waals surface area contributed by atoms with Crippen LogP contribution in [0, 0.1) is 6.92 Å². The third-order valence-corrected chi connectivity index (χ3v) is 3.93. The van der Waals surface area contributed by atoms with Crippen LogP contribution in [0.15, 0.2) is 18.3 Å². The molecule has 2 rings (SSSR count). The normalized spacial score (nSPS) is 11.4. The molecule has 0 bridgehead atoms. The van der Waals surface area contributed by atoms with Crippen LogP contribution in [-0.2, 0) is 13.0 Å². The van der Waals surface area contributed by atoms with Gasteiger partial charge in [-0.25, -0.2) is 0 Å². The number of hydrogen-bond acceptors (Lipinski definition) is 2. The smallest absolute Gasteiger partial charge is 0.0527 e. The standard InChI is InChI=1S/C15H21ClN2O/c1-11-14(16)6-5-13-12(4-2-7-17)10-18(15(11)13)8-3-9-19/h5-6,10,19H,2-4,7-9,17H2,1H3. The Balaban J connectivity index is 2.49. The second kappa shape index (κ2) is 6.42. The van der Waals surface area contributed by atoms with E-state index >= 15 is 0 Å². The van der Waals surface area contributed by atoms with Gasteiger partial charge >= 0.3 is 0 Å². The Kier molecular flexibility index (Phi) is 4.86. The molecule has 0 unspecified atom stereocenters. The summed E-state index contributed by atoms with van der Waals surface area (Å²) in [6.07, 6.45) is 4.91. The largest absolute Gasteiger partial charge is 0.396 e. The first-order valence-electron chi connectivity index (χ1n) is 6.76. The van der Waals surface area contributed by atoms with Crippen LogP contribution in [0.3, 0.4) is 0 Å². The predicted molar refractivity (Wildman–Crippen MR) is 80.8 cm³/mol. The van der Waals surface area contributed by atoms with Crippen LogP contribution in [0.4, 0.5) is 0 Å². The monoisotopic (exact) mass is 280 g/mol. The fraction of sp³-hybridized carbons (Fsp3) is 0.467. The van der Waals surface area contributed by atoms with Crippen LogP contribution >= 0.6 is 11.6 Å². The van der Waals surface area contributed by atoms with Gasteiger partial charge in [0.05, 0.1) is 5.52 Å². The van der Waals surface area contributed by atoms with Crippen LogP contribution in [0.2, 0.25) is 5.02 Å². The molecular weight excluding hydrogens is 260 g/mol. The molecule has 0 atom stereocenters. The van der Waals surface area contributed by atoms with E-state index in [9.17, 15) is 0 Å². The summed E-state index contributed by atoms with van der Waals surface area (Å²) < 4.78 is 2.21. The van der Waals surface area contributed by atoms with Gasteiger partial charge in [-0.3, -0.25) is 0 Å². The molecule has 0 amide bonds. The summed E-state index contributed by atoms with van der Waals surface area (Å²) in [7, 11) is 0. The molecule has 0 saturated carbocycles. The highest BCUT2D eigenvalue weighted by atomic mass is 35.5. The number of nitrogens with two attached hydrogens (primary N) is 1. The van der Waals surface area contributed by atoms with Gasteiger partial charge in [-0.2, -0.15) is 0 Å². The van der Waals surface area contributed by atoms with E-state index < -0.39 is 0 Å². The summed E-state index contributed by atoms with van der Waals surface area (Å²) in [6, 6.07) is 4.05. The molecule has 0 fully saturated rings. The van der Waals surface area contributed by atoms with E-state index in [1.165, 1.54) is 16.5 Å².